The van der Waals surface area contributed by atoms with Gasteiger partial charge in [0.2, 0.25) is 5.89 Å². The number of aromatic nitrogens is 2. The van der Waals surface area contributed by atoms with Gasteiger partial charge in [0.05, 0.1) is 18.2 Å². The third kappa shape index (κ3) is 2.92. The Morgan fingerprint density at radius 1 is 1.45 bits per heavy atom. The third-order valence-corrected chi connectivity index (χ3v) is 3.71. The molecule has 2 aliphatic rings. The molecule has 0 aromatic carbocycles. The number of ether oxygens (including phenoxy) is 1. The number of fused-ring (bicyclic) bond motifs is 2. The summed E-state index contributed by atoms with van der Waals surface area (Å²) in [6.07, 6.45) is 4.16. The molecule has 2 N–H and O–H groups in total. The van der Waals surface area contributed by atoms with Crippen molar-refractivity contribution >= 4 is 5.96 Å². The standard InChI is InChI=1S/C13H21N5O2/c1-3-14-13(15-7-12-16-8(2)18-20-12)17-10-6-9-4-5-11(10)19-9/h9-11H,3-7H2,1-2H3,(H2,14,15,17). The summed E-state index contributed by atoms with van der Waals surface area (Å²) in [7, 11) is 0. The molecule has 0 spiro atoms. The normalized spacial score (nSPS) is 28.9. The van der Waals surface area contributed by atoms with Crippen molar-refractivity contribution in [3.8, 4) is 0 Å². The minimum absolute atomic E-state index is 0.328. The van der Waals surface area contributed by atoms with Gasteiger partial charge in [-0.05, 0) is 33.1 Å². The van der Waals surface area contributed by atoms with Gasteiger partial charge in [0.15, 0.2) is 11.8 Å². The average Bonchev–Trinajstić information content (AvgIpc) is 3.13. The van der Waals surface area contributed by atoms with Gasteiger partial charge in [-0.3, -0.25) is 0 Å². The zero-order valence-corrected chi connectivity index (χ0v) is 11.9. The van der Waals surface area contributed by atoms with Gasteiger partial charge in [0, 0.05) is 6.54 Å². The molecule has 0 saturated carbocycles. The molecule has 110 valence electrons. The summed E-state index contributed by atoms with van der Waals surface area (Å²) in [5, 5.41) is 10.4. The fourth-order valence-electron chi connectivity index (χ4n) is 2.84. The number of guanidine groups is 1. The average molecular weight is 279 g/mol. The highest BCUT2D eigenvalue weighted by molar-refractivity contribution is 5.80. The topological polar surface area (TPSA) is 84.6 Å². The number of nitrogens with one attached hydrogen (secondary N) is 2. The maximum atomic E-state index is 5.84. The van der Waals surface area contributed by atoms with Gasteiger partial charge in [0.25, 0.3) is 0 Å². The van der Waals surface area contributed by atoms with E-state index in [1.54, 1.807) is 6.92 Å². The van der Waals surface area contributed by atoms with E-state index < -0.39 is 0 Å². The van der Waals surface area contributed by atoms with Crippen molar-refractivity contribution in [2.24, 2.45) is 4.99 Å². The molecule has 2 aliphatic heterocycles. The fourth-order valence-corrected chi connectivity index (χ4v) is 2.84. The van der Waals surface area contributed by atoms with E-state index >= 15 is 0 Å². The first kappa shape index (κ1) is 13.4. The van der Waals surface area contributed by atoms with E-state index in [0.29, 0.717) is 36.5 Å². The van der Waals surface area contributed by atoms with E-state index in [0.717, 1.165) is 25.3 Å². The third-order valence-electron chi connectivity index (χ3n) is 3.71. The van der Waals surface area contributed by atoms with Crippen molar-refractivity contribution in [3.05, 3.63) is 11.7 Å². The van der Waals surface area contributed by atoms with Crippen molar-refractivity contribution in [3.63, 3.8) is 0 Å². The first-order valence-corrected chi connectivity index (χ1v) is 7.24. The first-order valence-electron chi connectivity index (χ1n) is 7.24. The molecule has 3 unspecified atom stereocenters. The van der Waals surface area contributed by atoms with Gasteiger partial charge in [-0.2, -0.15) is 4.98 Å². The molecule has 1 aromatic heterocycles. The van der Waals surface area contributed by atoms with Crippen LogP contribution in [0.2, 0.25) is 0 Å². The van der Waals surface area contributed by atoms with Crippen molar-refractivity contribution in [1.29, 1.82) is 0 Å². The van der Waals surface area contributed by atoms with Crippen LogP contribution in [0.3, 0.4) is 0 Å². The molecule has 3 heterocycles. The second-order valence-corrected chi connectivity index (χ2v) is 5.29. The van der Waals surface area contributed by atoms with E-state index in [9.17, 15) is 0 Å². The summed E-state index contributed by atoms with van der Waals surface area (Å²) in [5.41, 5.74) is 0. The fraction of sp³-hybridized carbons (Fsp3) is 0.769. The minimum Gasteiger partial charge on any atom is -0.373 e. The minimum atomic E-state index is 0.328. The van der Waals surface area contributed by atoms with Crippen LogP contribution >= 0.6 is 0 Å². The Morgan fingerprint density at radius 2 is 2.35 bits per heavy atom. The Kier molecular flexibility index (Phi) is 3.86. The maximum absolute atomic E-state index is 5.84. The van der Waals surface area contributed by atoms with Gasteiger partial charge in [-0.25, -0.2) is 4.99 Å². The van der Waals surface area contributed by atoms with E-state index in [4.69, 9.17) is 9.26 Å². The lowest BCUT2D eigenvalue weighted by atomic mass is 9.96. The second kappa shape index (κ2) is 5.78. The van der Waals surface area contributed by atoms with Gasteiger partial charge < -0.3 is 19.9 Å². The van der Waals surface area contributed by atoms with Gasteiger partial charge in [-0.1, -0.05) is 5.16 Å². The SMILES string of the molecule is CCNC(=NCc1nc(C)no1)NC1CC2CCC1O2. The van der Waals surface area contributed by atoms with Crippen LogP contribution in [-0.2, 0) is 11.3 Å². The maximum Gasteiger partial charge on any atom is 0.248 e. The van der Waals surface area contributed by atoms with Crippen molar-refractivity contribution in [1.82, 2.24) is 20.8 Å². The molecule has 3 rings (SSSR count). The Morgan fingerprint density at radius 3 is 2.95 bits per heavy atom. The Labute approximate surface area is 118 Å². The lowest BCUT2D eigenvalue weighted by molar-refractivity contribution is 0.0992. The van der Waals surface area contributed by atoms with Gasteiger partial charge in [-0.15, -0.1) is 0 Å². The van der Waals surface area contributed by atoms with Crippen LogP contribution in [0.1, 0.15) is 37.9 Å². The molecule has 1 aromatic rings. The van der Waals surface area contributed by atoms with Crippen LogP contribution in [-0.4, -0.2) is 40.9 Å². The Balaban J connectivity index is 1.59. The molecule has 7 nitrogen and oxygen atoms in total. The van der Waals surface area contributed by atoms with Crippen LogP contribution < -0.4 is 10.6 Å². The molecule has 2 saturated heterocycles. The highest BCUT2D eigenvalue weighted by Gasteiger charge is 2.41. The largest absolute Gasteiger partial charge is 0.373 e. The van der Waals surface area contributed by atoms with E-state index in [-0.39, 0.29) is 0 Å². The second-order valence-electron chi connectivity index (χ2n) is 5.29. The zero-order chi connectivity index (χ0) is 13.9. The van der Waals surface area contributed by atoms with Crippen LogP contribution in [0.15, 0.2) is 9.52 Å². The van der Waals surface area contributed by atoms with Crippen LogP contribution in [0.25, 0.3) is 0 Å². The van der Waals surface area contributed by atoms with Crippen LogP contribution in [0, 0.1) is 6.92 Å². The molecular weight excluding hydrogens is 258 g/mol. The highest BCUT2D eigenvalue weighted by Crippen LogP contribution is 2.34. The number of nitrogens with zero attached hydrogens (tertiary/aromatic N) is 3. The molecule has 2 fully saturated rings. The van der Waals surface area contributed by atoms with Crippen LogP contribution in [0.4, 0.5) is 0 Å². The van der Waals surface area contributed by atoms with Crippen molar-refractivity contribution in [2.45, 2.75) is 57.9 Å². The number of hydrogen-bond donors (Lipinski definition) is 2. The molecule has 20 heavy (non-hydrogen) atoms. The van der Waals surface area contributed by atoms with Gasteiger partial charge >= 0.3 is 0 Å². The summed E-state index contributed by atoms with van der Waals surface area (Å²) in [4.78, 5) is 8.63. The number of rotatable bonds is 4. The van der Waals surface area contributed by atoms with E-state index in [2.05, 4.69) is 25.8 Å². The summed E-state index contributed by atoms with van der Waals surface area (Å²) >= 11 is 0. The molecule has 0 amide bonds. The molecule has 0 radical (unpaired) electrons. The van der Waals surface area contributed by atoms with Crippen molar-refractivity contribution < 1.29 is 9.26 Å². The molecule has 3 atom stereocenters. The summed E-state index contributed by atoms with van der Waals surface area (Å²) in [6.45, 7) is 5.05. The quantitative estimate of drug-likeness (QED) is 0.625. The molecule has 2 bridgehead atoms. The Bertz CT molecular complexity index is 487. The first-order chi connectivity index (χ1) is 9.74. The van der Waals surface area contributed by atoms with Crippen molar-refractivity contribution in [2.75, 3.05) is 6.54 Å². The van der Waals surface area contributed by atoms with E-state index in [1.165, 1.54) is 6.42 Å². The monoisotopic (exact) mass is 279 g/mol. The molecular formula is C13H21N5O2. The Hall–Kier alpha value is -1.63. The summed E-state index contributed by atoms with van der Waals surface area (Å²) in [6, 6.07) is 0.357. The zero-order valence-electron chi connectivity index (χ0n) is 11.9. The smallest absolute Gasteiger partial charge is 0.248 e. The summed E-state index contributed by atoms with van der Waals surface area (Å²) < 4.78 is 10.9. The molecule has 7 heteroatoms. The van der Waals surface area contributed by atoms with Crippen LogP contribution in [0.5, 0.6) is 0 Å². The molecule has 0 aliphatic carbocycles. The predicted molar refractivity (Wildman–Crippen MR) is 73.3 cm³/mol. The number of hydrogen-bond acceptors (Lipinski definition) is 5. The lowest BCUT2D eigenvalue weighted by Gasteiger charge is -2.22. The predicted octanol–water partition coefficient (Wildman–Crippen LogP) is 0.753. The van der Waals surface area contributed by atoms with E-state index in [1.807, 2.05) is 6.92 Å². The number of aliphatic imine (C=N–C) groups is 1. The highest BCUT2D eigenvalue weighted by atomic mass is 16.5. The summed E-state index contributed by atoms with van der Waals surface area (Å²) in [5.74, 6) is 1.95. The number of aryl methyl sites for hydroxylation is 1. The lowest BCUT2D eigenvalue weighted by Crippen LogP contribution is -2.47. The van der Waals surface area contributed by atoms with Gasteiger partial charge in [0.1, 0.15) is 6.54 Å².